The molecule has 0 saturated carbocycles. The van der Waals surface area contributed by atoms with E-state index in [-0.39, 0.29) is 5.56 Å². The van der Waals surface area contributed by atoms with Gasteiger partial charge in [-0.05, 0) is 36.1 Å². The van der Waals surface area contributed by atoms with Crippen LogP contribution >= 0.6 is 11.8 Å². The summed E-state index contributed by atoms with van der Waals surface area (Å²) in [6, 6.07) is 12.4. The van der Waals surface area contributed by atoms with Gasteiger partial charge in [0, 0.05) is 17.1 Å². The van der Waals surface area contributed by atoms with Crippen molar-refractivity contribution in [2.24, 2.45) is 0 Å². The first-order valence-corrected chi connectivity index (χ1v) is 7.62. The lowest BCUT2D eigenvalue weighted by Gasteiger charge is -2.11. The van der Waals surface area contributed by atoms with E-state index >= 15 is 0 Å². The second-order valence-corrected chi connectivity index (χ2v) is 5.21. The van der Waals surface area contributed by atoms with Crippen molar-refractivity contribution >= 4 is 23.4 Å². The fourth-order valence-electron chi connectivity index (χ4n) is 1.93. The van der Waals surface area contributed by atoms with Crippen LogP contribution in [0.15, 0.2) is 47.4 Å². The molecule has 110 valence electrons. The first-order valence-electron chi connectivity index (χ1n) is 6.39. The lowest BCUT2D eigenvalue weighted by Crippen LogP contribution is -2.06. The van der Waals surface area contributed by atoms with Gasteiger partial charge in [-0.3, -0.25) is 0 Å². The average Bonchev–Trinajstić information content (AvgIpc) is 2.52. The Morgan fingerprint density at radius 2 is 2.05 bits per heavy atom. The highest BCUT2D eigenvalue weighted by atomic mass is 32.2. The van der Waals surface area contributed by atoms with E-state index in [0.29, 0.717) is 6.54 Å². The van der Waals surface area contributed by atoms with E-state index in [1.807, 2.05) is 30.5 Å². The maximum Gasteiger partial charge on any atom is 0.340 e. The standard InChI is InChI=1S/C16H16FNO2S/c1-20-16(19)12-8-7-11(9-13(12)17)10-18-14-5-3-4-6-15(14)21-2/h3-9,18H,10H2,1-2H3. The highest BCUT2D eigenvalue weighted by Gasteiger charge is 2.12. The van der Waals surface area contributed by atoms with Crippen molar-refractivity contribution in [3.63, 3.8) is 0 Å². The summed E-state index contributed by atoms with van der Waals surface area (Å²) < 4.78 is 18.3. The zero-order valence-corrected chi connectivity index (χ0v) is 12.7. The molecule has 3 nitrogen and oxygen atoms in total. The van der Waals surface area contributed by atoms with Crippen LogP contribution in [0, 0.1) is 5.82 Å². The van der Waals surface area contributed by atoms with Crippen LogP contribution in [0.25, 0.3) is 0 Å². The smallest absolute Gasteiger partial charge is 0.340 e. The number of anilines is 1. The summed E-state index contributed by atoms with van der Waals surface area (Å²) in [7, 11) is 1.23. The number of ether oxygens (including phenoxy) is 1. The maximum atomic E-state index is 13.8. The van der Waals surface area contributed by atoms with Crippen molar-refractivity contribution in [2.45, 2.75) is 11.4 Å². The Bertz CT molecular complexity index is 646. The Kier molecular flexibility index (Phi) is 5.22. The summed E-state index contributed by atoms with van der Waals surface area (Å²) in [6.45, 7) is 0.482. The maximum absolute atomic E-state index is 13.8. The number of rotatable bonds is 5. The molecule has 0 aliphatic rings. The van der Waals surface area contributed by atoms with Gasteiger partial charge in [0.1, 0.15) is 5.82 Å². The van der Waals surface area contributed by atoms with Crippen molar-refractivity contribution < 1.29 is 13.9 Å². The average molecular weight is 305 g/mol. The van der Waals surface area contributed by atoms with E-state index in [4.69, 9.17) is 0 Å². The van der Waals surface area contributed by atoms with Gasteiger partial charge in [0.05, 0.1) is 12.7 Å². The number of benzene rings is 2. The van der Waals surface area contributed by atoms with Crippen molar-refractivity contribution in [3.8, 4) is 0 Å². The van der Waals surface area contributed by atoms with Crippen LogP contribution in [0.5, 0.6) is 0 Å². The number of nitrogens with one attached hydrogen (secondary N) is 1. The number of hydrogen-bond acceptors (Lipinski definition) is 4. The molecular weight excluding hydrogens is 289 g/mol. The van der Waals surface area contributed by atoms with Gasteiger partial charge in [0.2, 0.25) is 0 Å². The van der Waals surface area contributed by atoms with Gasteiger partial charge in [-0.15, -0.1) is 11.8 Å². The molecule has 0 fully saturated rings. The molecule has 1 N–H and O–H groups in total. The lowest BCUT2D eigenvalue weighted by molar-refractivity contribution is 0.0595. The molecule has 2 rings (SSSR count). The molecule has 0 bridgehead atoms. The topological polar surface area (TPSA) is 38.3 Å². The largest absolute Gasteiger partial charge is 0.465 e. The van der Waals surface area contributed by atoms with Crippen LogP contribution in [0.3, 0.4) is 0 Å². The number of thioether (sulfide) groups is 1. The quantitative estimate of drug-likeness (QED) is 0.670. The normalized spacial score (nSPS) is 10.2. The van der Waals surface area contributed by atoms with E-state index < -0.39 is 11.8 Å². The van der Waals surface area contributed by atoms with Gasteiger partial charge < -0.3 is 10.1 Å². The third-order valence-corrected chi connectivity index (χ3v) is 3.82. The number of carbonyl (C=O) groups is 1. The second-order valence-electron chi connectivity index (χ2n) is 4.36. The van der Waals surface area contributed by atoms with Gasteiger partial charge in [0.15, 0.2) is 0 Å². The molecule has 5 heteroatoms. The third-order valence-electron chi connectivity index (χ3n) is 3.03. The summed E-state index contributed by atoms with van der Waals surface area (Å²) in [4.78, 5) is 12.5. The van der Waals surface area contributed by atoms with Gasteiger partial charge in [-0.2, -0.15) is 0 Å². The Morgan fingerprint density at radius 1 is 1.29 bits per heavy atom. The number of carbonyl (C=O) groups excluding carboxylic acids is 1. The number of methoxy groups -OCH3 is 1. The van der Waals surface area contributed by atoms with Crippen molar-refractivity contribution in [1.82, 2.24) is 0 Å². The van der Waals surface area contributed by atoms with E-state index in [2.05, 4.69) is 10.1 Å². The molecule has 0 saturated heterocycles. The van der Waals surface area contributed by atoms with Gasteiger partial charge >= 0.3 is 5.97 Å². The number of para-hydroxylation sites is 1. The highest BCUT2D eigenvalue weighted by Crippen LogP contribution is 2.25. The molecule has 0 radical (unpaired) electrons. The first-order chi connectivity index (χ1) is 10.2. The number of hydrogen-bond donors (Lipinski definition) is 1. The Labute approximate surface area is 127 Å². The van der Waals surface area contributed by atoms with Gasteiger partial charge in [-0.1, -0.05) is 18.2 Å². The molecule has 0 atom stereocenters. The second kappa shape index (κ2) is 7.13. The molecule has 0 unspecified atom stereocenters. The summed E-state index contributed by atoms with van der Waals surface area (Å²) >= 11 is 1.65. The van der Waals surface area contributed by atoms with Crippen molar-refractivity contribution in [1.29, 1.82) is 0 Å². The minimum atomic E-state index is -0.667. The minimum Gasteiger partial charge on any atom is -0.465 e. The molecule has 0 heterocycles. The predicted molar refractivity (Wildman–Crippen MR) is 83.3 cm³/mol. The molecule has 0 amide bonds. The molecular formula is C16H16FNO2S. The van der Waals surface area contributed by atoms with E-state index in [1.54, 1.807) is 17.8 Å². The number of halogens is 1. The molecule has 0 aliphatic heterocycles. The van der Waals surface area contributed by atoms with Crippen LogP contribution in [-0.4, -0.2) is 19.3 Å². The molecule has 2 aromatic carbocycles. The molecule has 0 aliphatic carbocycles. The fraction of sp³-hybridized carbons (Fsp3) is 0.188. The van der Waals surface area contributed by atoms with Crippen LogP contribution < -0.4 is 5.32 Å². The van der Waals surface area contributed by atoms with Crippen LogP contribution in [0.4, 0.5) is 10.1 Å². The zero-order valence-electron chi connectivity index (χ0n) is 11.9. The van der Waals surface area contributed by atoms with Crippen LogP contribution in [-0.2, 0) is 11.3 Å². The van der Waals surface area contributed by atoms with Gasteiger partial charge in [-0.25, -0.2) is 9.18 Å². The fourth-order valence-corrected chi connectivity index (χ4v) is 2.51. The molecule has 21 heavy (non-hydrogen) atoms. The van der Waals surface area contributed by atoms with E-state index in [9.17, 15) is 9.18 Å². The first kappa shape index (κ1) is 15.4. The monoisotopic (exact) mass is 305 g/mol. The van der Waals surface area contributed by atoms with E-state index in [0.717, 1.165) is 16.1 Å². The summed E-state index contributed by atoms with van der Waals surface area (Å²) in [5.41, 5.74) is 1.71. The summed E-state index contributed by atoms with van der Waals surface area (Å²) in [5, 5.41) is 3.27. The van der Waals surface area contributed by atoms with Gasteiger partial charge in [0.25, 0.3) is 0 Å². The Hall–Kier alpha value is -2.01. The zero-order chi connectivity index (χ0) is 15.2. The van der Waals surface area contributed by atoms with Crippen molar-refractivity contribution in [3.05, 3.63) is 59.4 Å². The van der Waals surface area contributed by atoms with Crippen LogP contribution in [0.1, 0.15) is 15.9 Å². The molecule has 0 spiro atoms. The number of esters is 1. The highest BCUT2D eigenvalue weighted by molar-refractivity contribution is 7.98. The summed E-state index contributed by atoms with van der Waals surface area (Å²) in [6.07, 6.45) is 2.01. The Morgan fingerprint density at radius 3 is 2.71 bits per heavy atom. The lowest BCUT2D eigenvalue weighted by atomic mass is 10.1. The SMILES string of the molecule is COC(=O)c1ccc(CNc2ccccc2SC)cc1F. The van der Waals surface area contributed by atoms with E-state index in [1.165, 1.54) is 19.2 Å². The minimum absolute atomic E-state index is 0.0502. The van der Waals surface area contributed by atoms with Crippen molar-refractivity contribution in [2.75, 3.05) is 18.7 Å². The Balaban J connectivity index is 2.10. The molecule has 0 aromatic heterocycles. The molecule has 2 aromatic rings. The predicted octanol–water partition coefficient (Wildman–Crippen LogP) is 3.95. The van der Waals surface area contributed by atoms with Crippen LogP contribution in [0.2, 0.25) is 0 Å². The third kappa shape index (κ3) is 3.76. The summed E-state index contributed by atoms with van der Waals surface area (Å²) in [5.74, 6) is -1.24.